The summed E-state index contributed by atoms with van der Waals surface area (Å²) < 4.78 is 0. The average molecular weight is 274 g/mol. The van der Waals surface area contributed by atoms with Gasteiger partial charge in [0.15, 0.2) is 0 Å². The highest BCUT2D eigenvalue weighted by Crippen LogP contribution is 2.33. The van der Waals surface area contributed by atoms with Gasteiger partial charge in [0.2, 0.25) is 0 Å². The second-order valence-electron chi connectivity index (χ2n) is 7.08. The van der Waals surface area contributed by atoms with Crippen molar-refractivity contribution in [2.75, 3.05) is 13.6 Å². The van der Waals surface area contributed by atoms with Crippen LogP contribution in [0.4, 0.5) is 0 Å². The van der Waals surface area contributed by atoms with Crippen LogP contribution in [0.5, 0.6) is 0 Å². The van der Waals surface area contributed by atoms with Gasteiger partial charge in [-0.25, -0.2) is 0 Å². The van der Waals surface area contributed by atoms with Crippen LogP contribution in [0.25, 0.3) is 0 Å². The van der Waals surface area contributed by atoms with Gasteiger partial charge in [0.1, 0.15) is 0 Å². The van der Waals surface area contributed by atoms with E-state index in [1.807, 2.05) is 0 Å². The summed E-state index contributed by atoms with van der Waals surface area (Å²) in [7, 11) is 2.27. The minimum Gasteiger partial charge on any atom is -0.323 e. The van der Waals surface area contributed by atoms with Gasteiger partial charge >= 0.3 is 0 Å². The van der Waals surface area contributed by atoms with Crippen LogP contribution in [0.15, 0.2) is 30.3 Å². The van der Waals surface area contributed by atoms with Gasteiger partial charge in [-0.15, -0.1) is 0 Å². The highest BCUT2D eigenvalue weighted by atomic mass is 15.1. The molecule has 0 aliphatic heterocycles. The fourth-order valence-corrected chi connectivity index (χ4v) is 3.50. The molecule has 1 unspecified atom stereocenters. The van der Waals surface area contributed by atoms with Crippen molar-refractivity contribution in [3.05, 3.63) is 35.9 Å². The maximum absolute atomic E-state index is 6.52. The monoisotopic (exact) mass is 274 g/mol. The fraction of sp³-hybridized carbons (Fsp3) is 0.667. The Kier molecular flexibility index (Phi) is 5.22. The molecular formula is C18H30N2. The number of benzene rings is 1. The SMILES string of the molecule is CN(CC(C)(C)C(N)c1ccccc1)C1CCCCC1. The number of nitrogens with two attached hydrogens (primary N) is 1. The minimum absolute atomic E-state index is 0.0908. The third-order valence-corrected chi connectivity index (χ3v) is 4.86. The summed E-state index contributed by atoms with van der Waals surface area (Å²) in [5, 5.41) is 0. The molecule has 112 valence electrons. The smallest absolute Gasteiger partial charge is 0.0359 e. The number of rotatable bonds is 5. The Hall–Kier alpha value is -0.860. The first-order valence-electron chi connectivity index (χ1n) is 8.01. The Balaban J connectivity index is 1.98. The van der Waals surface area contributed by atoms with Crippen LogP contribution in [-0.4, -0.2) is 24.5 Å². The largest absolute Gasteiger partial charge is 0.323 e. The molecule has 1 aromatic rings. The van der Waals surface area contributed by atoms with E-state index in [4.69, 9.17) is 5.73 Å². The molecule has 0 saturated heterocycles. The van der Waals surface area contributed by atoms with Crippen molar-refractivity contribution in [1.82, 2.24) is 4.90 Å². The van der Waals surface area contributed by atoms with E-state index in [2.05, 4.69) is 56.1 Å². The zero-order valence-electron chi connectivity index (χ0n) is 13.3. The van der Waals surface area contributed by atoms with Crippen molar-refractivity contribution in [1.29, 1.82) is 0 Å². The van der Waals surface area contributed by atoms with Gasteiger partial charge in [-0.3, -0.25) is 0 Å². The molecular weight excluding hydrogens is 244 g/mol. The predicted octanol–water partition coefficient (Wildman–Crippen LogP) is 3.98. The fourth-order valence-electron chi connectivity index (χ4n) is 3.50. The third kappa shape index (κ3) is 3.83. The van der Waals surface area contributed by atoms with E-state index in [9.17, 15) is 0 Å². The molecule has 1 aliphatic rings. The first-order valence-corrected chi connectivity index (χ1v) is 8.01. The minimum atomic E-state index is 0.0908. The molecule has 0 spiro atoms. The van der Waals surface area contributed by atoms with E-state index in [-0.39, 0.29) is 11.5 Å². The van der Waals surface area contributed by atoms with Crippen LogP contribution >= 0.6 is 0 Å². The first-order chi connectivity index (χ1) is 9.50. The van der Waals surface area contributed by atoms with E-state index < -0.39 is 0 Å². The molecule has 0 bridgehead atoms. The maximum Gasteiger partial charge on any atom is 0.0359 e. The zero-order valence-corrected chi connectivity index (χ0v) is 13.3. The summed E-state index contributed by atoms with van der Waals surface area (Å²) in [6.45, 7) is 5.65. The molecule has 2 rings (SSSR count). The predicted molar refractivity (Wildman–Crippen MR) is 86.7 cm³/mol. The summed E-state index contributed by atoms with van der Waals surface area (Å²) in [5.41, 5.74) is 7.86. The molecule has 0 amide bonds. The Labute approximate surface area is 124 Å². The van der Waals surface area contributed by atoms with Gasteiger partial charge in [-0.1, -0.05) is 63.4 Å². The van der Waals surface area contributed by atoms with Crippen LogP contribution in [0, 0.1) is 5.41 Å². The first kappa shape index (κ1) is 15.5. The van der Waals surface area contributed by atoms with Crippen LogP contribution < -0.4 is 5.73 Å². The number of hydrogen-bond acceptors (Lipinski definition) is 2. The molecule has 0 aromatic heterocycles. The second kappa shape index (κ2) is 6.73. The lowest BCUT2D eigenvalue weighted by Gasteiger charge is -2.40. The molecule has 2 N–H and O–H groups in total. The van der Waals surface area contributed by atoms with Crippen molar-refractivity contribution in [2.24, 2.45) is 11.1 Å². The summed E-state index contributed by atoms with van der Waals surface area (Å²) in [6.07, 6.45) is 6.90. The molecule has 20 heavy (non-hydrogen) atoms. The molecule has 1 fully saturated rings. The Morgan fingerprint density at radius 3 is 2.35 bits per heavy atom. The molecule has 1 atom stereocenters. The van der Waals surface area contributed by atoms with Crippen LogP contribution in [0.1, 0.15) is 57.6 Å². The van der Waals surface area contributed by atoms with Gasteiger partial charge in [-0.05, 0) is 30.9 Å². The molecule has 1 saturated carbocycles. The van der Waals surface area contributed by atoms with E-state index >= 15 is 0 Å². The number of hydrogen-bond donors (Lipinski definition) is 1. The maximum atomic E-state index is 6.52. The highest BCUT2D eigenvalue weighted by Gasteiger charge is 2.31. The number of nitrogens with zero attached hydrogens (tertiary/aromatic N) is 1. The summed E-state index contributed by atoms with van der Waals surface area (Å²) in [4.78, 5) is 2.54. The van der Waals surface area contributed by atoms with E-state index in [1.165, 1.54) is 37.7 Å². The Morgan fingerprint density at radius 2 is 1.75 bits per heavy atom. The van der Waals surface area contributed by atoms with Gasteiger partial charge < -0.3 is 10.6 Å². The molecule has 0 radical (unpaired) electrons. The van der Waals surface area contributed by atoms with Gasteiger partial charge in [-0.2, -0.15) is 0 Å². The standard InChI is InChI=1S/C18H30N2/c1-18(2,17(19)15-10-6-4-7-11-15)14-20(3)16-12-8-5-9-13-16/h4,6-7,10-11,16-17H,5,8-9,12-14,19H2,1-3H3. The van der Waals surface area contributed by atoms with Crippen molar-refractivity contribution in [3.63, 3.8) is 0 Å². The summed E-state index contributed by atoms with van der Waals surface area (Å²) in [6, 6.07) is 11.4. The van der Waals surface area contributed by atoms with Gasteiger partial charge in [0.05, 0.1) is 0 Å². The van der Waals surface area contributed by atoms with E-state index in [0.717, 1.165) is 12.6 Å². The summed E-state index contributed by atoms with van der Waals surface area (Å²) >= 11 is 0. The summed E-state index contributed by atoms with van der Waals surface area (Å²) in [5.74, 6) is 0. The van der Waals surface area contributed by atoms with E-state index in [1.54, 1.807) is 0 Å². The van der Waals surface area contributed by atoms with Gasteiger partial charge in [0.25, 0.3) is 0 Å². The van der Waals surface area contributed by atoms with Gasteiger partial charge in [0, 0.05) is 18.6 Å². The van der Waals surface area contributed by atoms with Crippen molar-refractivity contribution >= 4 is 0 Å². The zero-order chi connectivity index (χ0) is 14.6. The Bertz CT molecular complexity index is 393. The molecule has 0 heterocycles. The van der Waals surface area contributed by atoms with Crippen molar-refractivity contribution in [2.45, 2.75) is 58.0 Å². The van der Waals surface area contributed by atoms with E-state index in [0.29, 0.717) is 0 Å². The van der Waals surface area contributed by atoms with Crippen molar-refractivity contribution < 1.29 is 0 Å². The highest BCUT2D eigenvalue weighted by molar-refractivity contribution is 5.20. The molecule has 1 aromatic carbocycles. The Morgan fingerprint density at radius 1 is 1.15 bits per heavy atom. The normalized spacial score (nSPS) is 19.2. The molecule has 2 heteroatoms. The second-order valence-corrected chi connectivity index (χ2v) is 7.08. The van der Waals surface area contributed by atoms with Crippen LogP contribution in [0.2, 0.25) is 0 Å². The third-order valence-electron chi connectivity index (χ3n) is 4.86. The quantitative estimate of drug-likeness (QED) is 0.880. The lowest BCUT2D eigenvalue weighted by molar-refractivity contribution is 0.116. The van der Waals surface area contributed by atoms with Crippen molar-refractivity contribution in [3.8, 4) is 0 Å². The molecule has 2 nitrogen and oxygen atoms in total. The van der Waals surface area contributed by atoms with Crippen LogP contribution in [-0.2, 0) is 0 Å². The average Bonchev–Trinajstić information content (AvgIpc) is 2.48. The lowest BCUT2D eigenvalue weighted by atomic mass is 9.80. The lowest BCUT2D eigenvalue weighted by Crippen LogP contribution is -2.44. The molecule has 1 aliphatic carbocycles. The topological polar surface area (TPSA) is 29.3 Å². The van der Waals surface area contributed by atoms with Crippen LogP contribution in [0.3, 0.4) is 0 Å².